The highest BCUT2D eigenvalue weighted by Gasteiger charge is 2.20. The molecule has 2 atom stereocenters. The predicted octanol–water partition coefficient (Wildman–Crippen LogP) is 7.63. The third-order valence-electron chi connectivity index (χ3n) is 4.69. The van der Waals surface area contributed by atoms with Gasteiger partial charge in [0.25, 0.3) is 0 Å². The lowest BCUT2D eigenvalue weighted by Crippen LogP contribution is -2.21. The maximum atomic E-state index is 6.45. The zero-order valence-electron chi connectivity index (χ0n) is 16.6. The molecule has 0 amide bonds. The molecule has 1 N–H and O–H groups in total. The average molecular weight is 424 g/mol. The first-order chi connectivity index (χ1) is 14.2. The molecule has 3 rings (SSSR count). The summed E-state index contributed by atoms with van der Waals surface area (Å²) < 4.78 is 5.26. The Hall–Kier alpha value is -2.36. The molecule has 0 bridgehead atoms. The second-order valence-corrected chi connectivity index (χ2v) is 8.43. The molecule has 3 aromatic carbocycles. The van der Waals surface area contributed by atoms with Gasteiger partial charge < -0.3 is 10.1 Å². The van der Waals surface area contributed by atoms with Gasteiger partial charge in [-0.2, -0.15) is 0 Å². The minimum atomic E-state index is 0.251. The minimum absolute atomic E-state index is 0.251. The third-order valence-corrected chi connectivity index (χ3v) is 6.49. The molecular weight excluding hydrogens is 398 g/mol. The number of rotatable bonds is 10. The zero-order chi connectivity index (χ0) is 20.5. The Balaban J connectivity index is 1.80. The lowest BCUT2D eigenvalue weighted by Gasteiger charge is -2.25. The van der Waals surface area contributed by atoms with E-state index in [9.17, 15) is 0 Å². The molecule has 2 nitrogen and oxygen atoms in total. The average Bonchev–Trinajstić information content (AvgIpc) is 2.76. The quantitative estimate of drug-likeness (QED) is 0.267. The summed E-state index contributed by atoms with van der Waals surface area (Å²) in [6.45, 7) is 3.96. The van der Waals surface area contributed by atoms with Gasteiger partial charge in [0.2, 0.25) is 0 Å². The highest BCUT2D eigenvalue weighted by molar-refractivity contribution is 7.99. The minimum Gasteiger partial charge on any atom is -0.497 e. The number of methoxy groups -OCH3 is 1. The van der Waals surface area contributed by atoms with Crippen LogP contribution in [0.1, 0.15) is 23.7 Å². The third kappa shape index (κ3) is 6.31. The Labute approximate surface area is 183 Å². The van der Waals surface area contributed by atoms with Crippen LogP contribution >= 0.6 is 23.4 Å². The van der Waals surface area contributed by atoms with Crippen LogP contribution in [-0.4, -0.2) is 13.2 Å². The van der Waals surface area contributed by atoms with E-state index in [4.69, 9.17) is 16.3 Å². The molecular formula is C25H26ClNOS. The maximum Gasteiger partial charge on any atom is 0.119 e. The van der Waals surface area contributed by atoms with E-state index < -0.39 is 0 Å². The number of hydrogen-bond acceptors (Lipinski definition) is 3. The first kappa shape index (κ1) is 21.4. The molecule has 0 aromatic heterocycles. The summed E-state index contributed by atoms with van der Waals surface area (Å²) in [4.78, 5) is 1.10. The van der Waals surface area contributed by atoms with Gasteiger partial charge >= 0.3 is 0 Å². The van der Waals surface area contributed by atoms with Crippen LogP contribution in [0.2, 0.25) is 5.02 Å². The number of anilines is 1. The van der Waals surface area contributed by atoms with Gasteiger partial charge in [0.15, 0.2) is 0 Å². The molecule has 3 aromatic rings. The van der Waals surface area contributed by atoms with E-state index in [-0.39, 0.29) is 11.3 Å². The van der Waals surface area contributed by atoms with Crippen molar-refractivity contribution in [1.29, 1.82) is 0 Å². The molecule has 150 valence electrons. The fourth-order valence-corrected chi connectivity index (χ4v) is 4.75. The van der Waals surface area contributed by atoms with Crippen LogP contribution < -0.4 is 10.1 Å². The summed E-state index contributed by atoms with van der Waals surface area (Å²) in [5.74, 6) is 0.854. The Morgan fingerprint density at radius 3 is 2.34 bits per heavy atom. The number of thioether (sulfide) groups is 1. The van der Waals surface area contributed by atoms with Gasteiger partial charge in [-0.15, -0.1) is 18.3 Å². The highest BCUT2D eigenvalue weighted by atomic mass is 35.5. The van der Waals surface area contributed by atoms with E-state index in [2.05, 4.69) is 48.3 Å². The summed E-state index contributed by atoms with van der Waals surface area (Å²) in [5.41, 5.74) is 2.37. The molecule has 29 heavy (non-hydrogen) atoms. The number of benzene rings is 3. The number of ether oxygens (including phenoxy) is 1. The molecule has 0 aliphatic heterocycles. The molecule has 0 heterocycles. The van der Waals surface area contributed by atoms with Crippen molar-refractivity contribution in [3.8, 4) is 5.75 Å². The van der Waals surface area contributed by atoms with Gasteiger partial charge in [-0.1, -0.05) is 60.1 Å². The summed E-state index contributed by atoms with van der Waals surface area (Å²) in [6.07, 6.45) is 3.79. The van der Waals surface area contributed by atoms with Gasteiger partial charge in [-0.25, -0.2) is 0 Å². The summed E-state index contributed by atoms with van der Waals surface area (Å²) in [6, 6.07) is 26.9. The van der Waals surface area contributed by atoms with Crippen molar-refractivity contribution >= 4 is 29.1 Å². The van der Waals surface area contributed by atoms with Crippen LogP contribution in [-0.2, 0) is 0 Å². The van der Waals surface area contributed by atoms with Crippen LogP contribution in [0.25, 0.3) is 0 Å². The molecule has 0 aliphatic carbocycles. The van der Waals surface area contributed by atoms with E-state index >= 15 is 0 Å². The van der Waals surface area contributed by atoms with Crippen molar-refractivity contribution < 1.29 is 4.74 Å². The Kier molecular flexibility index (Phi) is 8.09. The molecule has 0 fully saturated rings. The fourth-order valence-electron chi connectivity index (χ4n) is 3.21. The van der Waals surface area contributed by atoms with Crippen LogP contribution in [0.15, 0.2) is 96.4 Å². The predicted molar refractivity (Wildman–Crippen MR) is 126 cm³/mol. The first-order valence-electron chi connectivity index (χ1n) is 9.67. The molecule has 4 heteroatoms. The van der Waals surface area contributed by atoms with Crippen molar-refractivity contribution in [3.63, 3.8) is 0 Å². The van der Waals surface area contributed by atoms with Crippen molar-refractivity contribution in [2.45, 2.75) is 29.0 Å². The number of nitrogens with one attached hydrogen (secondary N) is 1. The van der Waals surface area contributed by atoms with E-state index in [0.29, 0.717) is 0 Å². The van der Waals surface area contributed by atoms with E-state index in [1.807, 2.05) is 60.3 Å². The Morgan fingerprint density at radius 2 is 1.69 bits per heavy atom. The van der Waals surface area contributed by atoms with E-state index in [0.717, 1.165) is 34.2 Å². The van der Waals surface area contributed by atoms with Crippen molar-refractivity contribution in [1.82, 2.24) is 0 Å². The standard InChI is InChI=1S/C25H26ClNOS/c1-3-9-21(27-20-14-16-22(28-2)17-15-20)18-25(19-10-5-4-6-11-19)29-24-13-8-7-12-23(24)26/h3-8,10-17,21,25,27H,1,9,18H2,2H3/t21-,25+/m0/s1. The van der Waals surface area contributed by atoms with Crippen molar-refractivity contribution in [2.24, 2.45) is 0 Å². The molecule has 0 saturated heterocycles. The van der Waals surface area contributed by atoms with Crippen LogP contribution in [0.4, 0.5) is 5.69 Å². The fraction of sp³-hybridized carbons (Fsp3) is 0.200. The first-order valence-corrected chi connectivity index (χ1v) is 10.9. The van der Waals surface area contributed by atoms with Crippen LogP contribution in [0.3, 0.4) is 0 Å². The van der Waals surface area contributed by atoms with Gasteiger partial charge in [-0.3, -0.25) is 0 Å². The Bertz CT molecular complexity index is 898. The maximum absolute atomic E-state index is 6.45. The molecule has 0 saturated carbocycles. The second-order valence-electron chi connectivity index (χ2n) is 6.78. The molecule has 0 spiro atoms. The second kappa shape index (κ2) is 11.0. The van der Waals surface area contributed by atoms with Crippen molar-refractivity contribution in [2.75, 3.05) is 12.4 Å². The molecule has 0 aliphatic rings. The largest absolute Gasteiger partial charge is 0.497 e. The van der Waals surface area contributed by atoms with Gasteiger partial charge in [0.05, 0.1) is 12.1 Å². The van der Waals surface area contributed by atoms with Gasteiger partial charge in [-0.05, 0) is 54.8 Å². The van der Waals surface area contributed by atoms with Gasteiger partial charge in [0.1, 0.15) is 5.75 Å². The lowest BCUT2D eigenvalue weighted by molar-refractivity contribution is 0.415. The monoisotopic (exact) mass is 423 g/mol. The van der Waals surface area contributed by atoms with E-state index in [1.165, 1.54) is 5.56 Å². The smallest absolute Gasteiger partial charge is 0.119 e. The van der Waals surface area contributed by atoms with Crippen LogP contribution in [0.5, 0.6) is 5.75 Å². The highest BCUT2D eigenvalue weighted by Crippen LogP contribution is 2.42. The normalized spacial score (nSPS) is 12.8. The SMILES string of the molecule is C=CC[C@@H](C[C@@H](Sc1ccccc1Cl)c1ccccc1)Nc1ccc(OC)cc1. The number of hydrogen-bond donors (Lipinski definition) is 1. The molecule has 0 radical (unpaired) electrons. The zero-order valence-corrected chi connectivity index (χ0v) is 18.1. The van der Waals surface area contributed by atoms with Crippen LogP contribution in [0, 0.1) is 0 Å². The lowest BCUT2D eigenvalue weighted by atomic mass is 10.0. The summed E-state index contributed by atoms with van der Waals surface area (Å²) >= 11 is 8.26. The Morgan fingerprint density at radius 1 is 1.00 bits per heavy atom. The van der Waals surface area contributed by atoms with E-state index in [1.54, 1.807) is 7.11 Å². The summed E-state index contributed by atoms with van der Waals surface area (Å²) in [7, 11) is 1.68. The van der Waals surface area contributed by atoms with Crippen molar-refractivity contribution in [3.05, 3.63) is 102 Å². The summed E-state index contributed by atoms with van der Waals surface area (Å²) in [5, 5.41) is 4.72. The topological polar surface area (TPSA) is 21.3 Å². The molecule has 0 unspecified atom stereocenters. The number of halogens is 1. The van der Waals surface area contributed by atoms with Gasteiger partial charge in [0, 0.05) is 21.9 Å².